The fourth-order valence-electron chi connectivity index (χ4n) is 1.42. The van der Waals surface area contributed by atoms with Crippen LogP contribution in [0.15, 0.2) is 18.3 Å². The summed E-state index contributed by atoms with van der Waals surface area (Å²) in [5.41, 5.74) is 0.553. The number of alkyl halides is 2. The molecule has 1 aliphatic rings. The zero-order chi connectivity index (χ0) is 9.47. The topological polar surface area (TPSA) is 30.0 Å². The maximum absolute atomic E-state index is 12.9. The quantitative estimate of drug-likeness (QED) is 0.614. The maximum atomic E-state index is 12.9. The standard InChI is InChI=1S/C9H7F2NO/c10-9(11)4-3-6-2-1-5-12-7(6)8(9)13/h1-2,5H,3-4H2. The van der Waals surface area contributed by atoms with Gasteiger partial charge in [-0.1, -0.05) is 6.07 Å². The highest BCUT2D eigenvalue weighted by Gasteiger charge is 2.43. The van der Waals surface area contributed by atoms with Crippen molar-refractivity contribution >= 4 is 5.78 Å². The van der Waals surface area contributed by atoms with E-state index in [1.807, 2.05) is 0 Å². The summed E-state index contributed by atoms with van der Waals surface area (Å²) in [6.07, 6.45) is 1.19. The highest BCUT2D eigenvalue weighted by molar-refractivity contribution is 6.01. The average Bonchev–Trinajstić information content (AvgIpc) is 2.13. The van der Waals surface area contributed by atoms with E-state index in [1.165, 1.54) is 6.20 Å². The molecule has 0 aliphatic heterocycles. The molecule has 13 heavy (non-hydrogen) atoms. The summed E-state index contributed by atoms with van der Waals surface area (Å²) < 4.78 is 25.8. The second kappa shape index (κ2) is 2.58. The number of hydrogen-bond acceptors (Lipinski definition) is 2. The van der Waals surface area contributed by atoms with Gasteiger partial charge in [-0.05, 0) is 18.1 Å². The lowest BCUT2D eigenvalue weighted by Crippen LogP contribution is -2.34. The third kappa shape index (κ3) is 1.22. The van der Waals surface area contributed by atoms with E-state index in [1.54, 1.807) is 12.1 Å². The molecule has 1 heterocycles. The lowest BCUT2D eigenvalue weighted by Gasteiger charge is -2.21. The van der Waals surface area contributed by atoms with Gasteiger partial charge in [0.2, 0.25) is 5.78 Å². The maximum Gasteiger partial charge on any atom is 0.311 e. The number of aryl methyl sites for hydroxylation is 1. The van der Waals surface area contributed by atoms with E-state index >= 15 is 0 Å². The molecule has 4 heteroatoms. The Morgan fingerprint density at radius 2 is 2.23 bits per heavy atom. The van der Waals surface area contributed by atoms with Gasteiger partial charge in [-0.3, -0.25) is 9.78 Å². The first kappa shape index (κ1) is 8.29. The van der Waals surface area contributed by atoms with E-state index in [2.05, 4.69) is 4.98 Å². The predicted molar refractivity (Wildman–Crippen MR) is 41.8 cm³/mol. The Morgan fingerprint density at radius 3 is 3.00 bits per heavy atom. The fourth-order valence-corrected chi connectivity index (χ4v) is 1.42. The third-order valence-corrected chi connectivity index (χ3v) is 2.15. The van der Waals surface area contributed by atoms with E-state index in [9.17, 15) is 13.6 Å². The van der Waals surface area contributed by atoms with Crippen molar-refractivity contribution in [1.82, 2.24) is 4.98 Å². The summed E-state index contributed by atoms with van der Waals surface area (Å²) in [5.74, 6) is -4.36. The molecule has 0 radical (unpaired) electrons. The highest BCUT2D eigenvalue weighted by atomic mass is 19.3. The Labute approximate surface area is 73.6 Å². The summed E-state index contributed by atoms with van der Waals surface area (Å²) in [6.45, 7) is 0. The molecule has 0 N–H and O–H groups in total. The number of hydrogen-bond donors (Lipinski definition) is 0. The molecule has 0 bridgehead atoms. The summed E-state index contributed by atoms with van der Waals surface area (Å²) in [4.78, 5) is 14.8. The molecule has 1 aromatic rings. The van der Waals surface area contributed by atoms with Crippen molar-refractivity contribution in [2.24, 2.45) is 0 Å². The Kier molecular flexibility index (Phi) is 1.65. The first-order valence-electron chi connectivity index (χ1n) is 3.98. The van der Waals surface area contributed by atoms with Gasteiger partial charge in [-0.2, -0.15) is 8.78 Å². The summed E-state index contributed by atoms with van der Waals surface area (Å²) in [6, 6.07) is 3.31. The van der Waals surface area contributed by atoms with Crippen molar-refractivity contribution in [3.8, 4) is 0 Å². The van der Waals surface area contributed by atoms with Crippen LogP contribution in [0.1, 0.15) is 22.5 Å². The van der Waals surface area contributed by atoms with E-state index < -0.39 is 18.1 Å². The Hall–Kier alpha value is -1.32. The molecule has 0 spiro atoms. The fraction of sp³-hybridized carbons (Fsp3) is 0.333. The van der Waals surface area contributed by atoms with Crippen LogP contribution < -0.4 is 0 Å². The number of pyridine rings is 1. The molecule has 2 nitrogen and oxygen atoms in total. The number of fused-ring (bicyclic) bond motifs is 1. The van der Waals surface area contributed by atoms with Gasteiger partial charge in [0.1, 0.15) is 5.69 Å². The van der Waals surface area contributed by atoms with Crippen molar-refractivity contribution in [1.29, 1.82) is 0 Å². The first-order valence-corrected chi connectivity index (χ1v) is 3.98. The highest BCUT2D eigenvalue weighted by Crippen LogP contribution is 2.31. The van der Waals surface area contributed by atoms with Gasteiger partial charge in [0.05, 0.1) is 0 Å². The number of carbonyl (C=O) groups is 1. The van der Waals surface area contributed by atoms with E-state index in [4.69, 9.17) is 0 Å². The van der Waals surface area contributed by atoms with Gasteiger partial charge < -0.3 is 0 Å². The molecule has 68 valence electrons. The summed E-state index contributed by atoms with van der Waals surface area (Å²) in [7, 11) is 0. The smallest absolute Gasteiger partial charge is 0.286 e. The van der Waals surface area contributed by atoms with Gasteiger partial charge >= 0.3 is 5.92 Å². The van der Waals surface area contributed by atoms with Crippen LogP contribution in [0, 0.1) is 0 Å². The van der Waals surface area contributed by atoms with Crippen LogP contribution in [0.4, 0.5) is 8.78 Å². The first-order chi connectivity index (χ1) is 6.11. The van der Waals surface area contributed by atoms with Gasteiger partial charge in [-0.25, -0.2) is 0 Å². The minimum atomic E-state index is -3.22. The van der Waals surface area contributed by atoms with Crippen LogP contribution in [-0.4, -0.2) is 16.7 Å². The predicted octanol–water partition coefficient (Wildman–Crippen LogP) is 1.85. The lowest BCUT2D eigenvalue weighted by atomic mass is 9.92. The van der Waals surface area contributed by atoms with Crippen molar-refractivity contribution in [2.45, 2.75) is 18.8 Å². The molecule has 0 fully saturated rings. The zero-order valence-corrected chi connectivity index (χ0v) is 6.76. The molecule has 1 aliphatic carbocycles. The van der Waals surface area contributed by atoms with Crippen molar-refractivity contribution in [3.05, 3.63) is 29.6 Å². The molecule has 0 unspecified atom stereocenters. The molecule has 0 saturated heterocycles. The SMILES string of the molecule is O=C1c2ncccc2CCC1(F)F. The second-order valence-corrected chi connectivity index (χ2v) is 3.04. The van der Waals surface area contributed by atoms with E-state index in [-0.39, 0.29) is 12.1 Å². The van der Waals surface area contributed by atoms with Gasteiger partial charge in [0.25, 0.3) is 0 Å². The van der Waals surface area contributed by atoms with Crippen LogP contribution >= 0.6 is 0 Å². The summed E-state index contributed by atoms with van der Waals surface area (Å²) in [5, 5.41) is 0. The molecule has 1 aromatic heterocycles. The molecule has 2 rings (SSSR count). The van der Waals surface area contributed by atoms with Crippen LogP contribution in [0.3, 0.4) is 0 Å². The zero-order valence-electron chi connectivity index (χ0n) is 6.76. The molecule has 0 aromatic carbocycles. The number of carbonyl (C=O) groups excluding carboxylic acids is 1. The molecule has 0 atom stereocenters. The van der Waals surface area contributed by atoms with Crippen LogP contribution in [0.2, 0.25) is 0 Å². The third-order valence-electron chi connectivity index (χ3n) is 2.15. The number of aromatic nitrogens is 1. The minimum absolute atomic E-state index is 0.0706. The van der Waals surface area contributed by atoms with Crippen LogP contribution in [-0.2, 0) is 6.42 Å². The van der Waals surface area contributed by atoms with Crippen molar-refractivity contribution in [3.63, 3.8) is 0 Å². The Bertz CT molecular complexity index is 362. The lowest BCUT2D eigenvalue weighted by molar-refractivity contribution is 0.00139. The number of ketones is 1. The second-order valence-electron chi connectivity index (χ2n) is 3.04. The summed E-state index contributed by atoms with van der Waals surface area (Å²) >= 11 is 0. The number of nitrogens with zero attached hydrogens (tertiary/aromatic N) is 1. The normalized spacial score (nSPS) is 19.7. The van der Waals surface area contributed by atoms with Crippen molar-refractivity contribution in [2.75, 3.05) is 0 Å². The van der Waals surface area contributed by atoms with E-state index in [0.29, 0.717) is 5.56 Å². The van der Waals surface area contributed by atoms with Crippen LogP contribution in [0.5, 0.6) is 0 Å². The van der Waals surface area contributed by atoms with E-state index in [0.717, 1.165) is 0 Å². The molecular weight excluding hydrogens is 176 g/mol. The molecule has 0 saturated carbocycles. The Morgan fingerprint density at radius 1 is 1.46 bits per heavy atom. The molecular formula is C9H7F2NO. The Balaban J connectivity index is 2.52. The molecule has 0 amide bonds. The van der Waals surface area contributed by atoms with Crippen LogP contribution in [0.25, 0.3) is 0 Å². The average molecular weight is 183 g/mol. The van der Waals surface area contributed by atoms with Gasteiger partial charge in [0, 0.05) is 12.6 Å². The number of halogens is 2. The van der Waals surface area contributed by atoms with Gasteiger partial charge in [-0.15, -0.1) is 0 Å². The largest absolute Gasteiger partial charge is 0.311 e. The van der Waals surface area contributed by atoms with Crippen molar-refractivity contribution < 1.29 is 13.6 Å². The number of Topliss-reactive ketones (excluding diaryl/α,β-unsaturated/α-hetero) is 1. The number of rotatable bonds is 0. The van der Waals surface area contributed by atoms with Gasteiger partial charge in [0.15, 0.2) is 0 Å². The monoisotopic (exact) mass is 183 g/mol. The minimum Gasteiger partial charge on any atom is -0.286 e.